The van der Waals surface area contributed by atoms with E-state index in [9.17, 15) is 8.42 Å². The van der Waals surface area contributed by atoms with Crippen molar-refractivity contribution in [2.45, 2.75) is 30.6 Å². The summed E-state index contributed by atoms with van der Waals surface area (Å²) in [6, 6.07) is 3.25. The molecule has 0 amide bonds. The van der Waals surface area contributed by atoms with Crippen molar-refractivity contribution in [3.63, 3.8) is 0 Å². The molecular weight excluding hydrogens is 344 g/mol. The van der Waals surface area contributed by atoms with Crippen LogP contribution in [0.2, 0.25) is 0 Å². The molecule has 1 fully saturated rings. The minimum atomic E-state index is -3.45. The first-order valence-corrected chi connectivity index (χ1v) is 10.2. The van der Waals surface area contributed by atoms with Crippen molar-refractivity contribution >= 4 is 26.2 Å². The Kier molecular flexibility index (Phi) is 3.90. The first-order valence-electron chi connectivity index (χ1n) is 7.89. The molecule has 0 spiro atoms. The highest BCUT2D eigenvalue weighted by Crippen LogP contribution is 2.34. The Balaban J connectivity index is 1.54. The molecule has 0 aromatic carbocycles. The van der Waals surface area contributed by atoms with Gasteiger partial charge in [0.2, 0.25) is 10.0 Å². The molecule has 24 heavy (non-hydrogen) atoms. The Morgan fingerprint density at radius 1 is 1.29 bits per heavy atom. The van der Waals surface area contributed by atoms with E-state index in [4.69, 9.17) is 4.98 Å². The van der Waals surface area contributed by atoms with Gasteiger partial charge in [0.25, 0.3) is 0 Å². The molecule has 4 rings (SSSR count). The second-order valence-electron chi connectivity index (χ2n) is 5.99. The quantitative estimate of drug-likeness (QED) is 0.718. The molecule has 1 aliphatic heterocycles. The van der Waals surface area contributed by atoms with Crippen molar-refractivity contribution < 1.29 is 8.42 Å². The zero-order valence-electron chi connectivity index (χ0n) is 13.3. The number of piperidine rings is 1. The molecule has 3 aromatic heterocycles. The van der Waals surface area contributed by atoms with E-state index in [-0.39, 0.29) is 4.90 Å². The lowest BCUT2D eigenvalue weighted by Gasteiger charge is -2.30. The molecule has 0 aliphatic carbocycles. The summed E-state index contributed by atoms with van der Waals surface area (Å²) in [5.74, 6) is 1.30. The maximum Gasteiger partial charge on any atom is 0.244 e. The summed E-state index contributed by atoms with van der Waals surface area (Å²) in [6.45, 7) is 3.04. The predicted octanol–water partition coefficient (Wildman–Crippen LogP) is 2.67. The van der Waals surface area contributed by atoms with Gasteiger partial charge < -0.3 is 0 Å². The summed E-state index contributed by atoms with van der Waals surface area (Å²) in [5.41, 5.74) is 1.11. The highest BCUT2D eigenvalue weighted by Gasteiger charge is 2.31. The Morgan fingerprint density at radius 2 is 2.08 bits per heavy atom. The fraction of sp³-hybridized carbons (Fsp3) is 0.375. The van der Waals surface area contributed by atoms with Gasteiger partial charge in [0.15, 0.2) is 0 Å². The third-order valence-electron chi connectivity index (χ3n) is 4.57. The van der Waals surface area contributed by atoms with E-state index in [1.807, 2.05) is 13.1 Å². The third kappa shape index (κ3) is 2.54. The molecule has 6 nitrogen and oxygen atoms in total. The Hall–Kier alpha value is -1.77. The van der Waals surface area contributed by atoms with Crippen LogP contribution in [0.1, 0.15) is 30.3 Å². The normalized spacial score (nSPS) is 17.5. The molecule has 126 valence electrons. The van der Waals surface area contributed by atoms with Crippen LogP contribution in [0.3, 0.4) is 0 Å². The largest absolute Gasteiger partial charge is 0.294 e. The number of hydrogen-bond donors (Lipinski definition) is 0. The first-order chi connectivity index (χ1) is 11.6. The van der Waals surface area contributed by atoms with Gasteiger partial charge in [0.05, 0.1) is 5.69 Å². The van der Waals surface area contributed by atoms with Gasteiger partial charge >= 0.3 is 0 Å². The number of pyridine rings is 1. The number of sulfonamides is 1. The van der Waals surface area contributed by atoms with Crippen molar-refractivity contribution in [2.75, 3.05) is 13.1 Å². The number of rotatable bonds is 3. The van der Waals surface area contributed by atoms with E-state index in [2.05, 4.69) is 14.8 Å². The molecular formula is C16H18N4O2S2. The molecule has 0 bridgehead atoms. The lowest BCUT2D eigenvalue weighted by Crippen LogP contribution is -2.38. The van der Waals surface area contributed by atoms with Gasteiger partial charge in [0, 0.05) is 43.0 Å². The number of hydrogen-bond acceptors (Lipinski definition) is 5. The highest BCUT2D eigenvalue weighted by atomic mass is 32.2. The number of thiazole rings is 1. The van der Waals surface area contributed by atoms with Gasteiger partial charge in [-0.25, -0.2) is 13.4 Å². The molecule has 4 heterocycles. The minimum absolute atomic E-state index is 0.266. The molecule has 0 radical (unpaired) electrons. The van der Waals surface area contributed by atoms with Crippen LogP contribution < -0.4 is 0 Å². The molecule has 1 saturated heterocycles. The second-order valence-corrected chi connectivity index (χ2v) is 8.82. The maximum atomic E-state index is 12.7. The van der Waals surface area contributed by atoms with Gasteiger partial charge in [-0.05, 0) is 31.9 Å². The van der Waals surface area contributed by atoms with Crippen molar-refractivity contribution in [1.82, 2.24) is 18.7 Å². The van der Waals surface area contributed by atoms with Crippen LogP contribution in [-0.4, -0.2) is 40.2 Å². The summed E-state index contributed by atoms with van der Waals surface area (Å²) in [4.78, 5) is 10.1. The lowest BCUT2D eigenvalue weighted by molar-refractivity contribution is 0.318. The van der Waals surface area contributed by atoms with Gasteiger partial charge in [-0.2, -0.15) is 4.31 Å². The van der Waals surface area contributed by atoms with Crippen molar-refractivity contribution in [3.05, 3.63) is 47.6 Å². The summed E-state index contributed by atoms with van der Waals surface area (Å²) >= 11 is 1.69. The zero-order chi connectivity index (χ0) is 16.7. The van der Waals surface area contributed by atoms with Crippen LogP contribution >= 0.6 is 11.3 Å². The Labute approximate surface area is 144 Å². The second kappa shape index (κ2) is 5.94. The number of fused-ring (bicyclic) bond motifs is 1. The van der Waals surface area contributed by atoms with Crippen LogP contribution in [-0.2, 0) is 10.0 Å². The van der Waals surface area contributed by atoms with E-state index in [0.717, 1.165) is 24.4 Å². The number of aryl methyl sites for hydroxylation is 1. The van der Waals surface area contributed by atoms with Crippen molar-refractivity contribution in [2.24, 2.45) is 0 Å². The number of nitrogens with zero attached hydrogens (tertiary/aromatic N) is 4. The van der Waals surface area contributed by atoms with E-state index < -0.39 is 10.0 Å². The van der Waals surface area contributed by atoms with E-state index in [1.165, 1.54) is 11.0 Å². The summed E-state index contributed by atoms with van der Waals surface area (Å²) in [6.07, 6.45) is 6.62. The summed E-state index contributed by atoms with van der Waals surface area (Å²) < 4.78 is 29.0. The van der Waals surface area contributed by atoms with Crippen LogP contribution in [0, 0.1) is 6.92 Å². The molecule has 0 N–H and O–H groups in total. The number of imidazole rings is 1. The van der Waals surface area contributed by atoms with Crippen molar-refractivity contribution in [3.8, 4) is 0 Å². The van der Waals surface area contributed by atoms with E-state index >= 15 is 0 Å². The minimum Gasteiger partial charge on any atom is -0.294 e. The Morgan fingerprint density at radius 3 is 2.79 bits per heavy atom. The fourth-order valence-corrected chi connectivity index (χ4v) is 5.66. The molecule has 3 aromatic rings. The van der Waals surface area contributed by atoms with Gasteiger partial charge in [0.1, 0.15) is 15.6 Å². The average Bonchev–Trinajstić information content (AvgIpc) is 3.20. The van der Waals surface area contributed by atoms with E-state index in [1.54, 1.807) is 34.0 Å². The predicted molar refractivity (Wildman–Crippen MR) is 92.8 cm³/mol. The maximum absolute atomic E-state index is 12.7. The molecule has 1 aliphatic rings. The SMILES string of the molecule is Cc1nc(C2CCN(S(=O)(=O)c3cccnc3)CC2)c2sccn12. The van der Waals surface area contributed by atoms with E-state index in [0.29, 0.717) is 19.0 Å². The average molecular weight is 362 g/mol. The van der Waals surface area contributed by atoms with Gasteiger partial charge in [-0.3, -0.25) is 9.38 Å². The van der Waals surface area contributed by atoms with Crippen LogP contribution in [0.4, 0.5) is 0 Å². The standard InChI is InChI=1S/C16H18N4O2S2/c1-12-18-15(16-20(12)9-10-23-16)13-4-7-19(8-5-13)24(21,22)14-3-2-6-17-11-14/h2-3,6,9-11,13H,4-5,7-8H2,1H3. The number of aromatic nitrogens is 3. The fourth-order valence-electron chi connectivity index (χ4n) is 3.28. The highest BCUT2D eigenvalue weighted by molar-refractivity contribution is 7.89. The van der Waals surface area contributed by atoms with Crippen LogP contribution in [0.5, 0.6) is 0 Å². The third-order valence-corrected chi connectivity index (χ3v) is 7.34. The molecule has 0 unspecified atom stereocenters. The monoisotopic (exact) mass is 362 g/mol. The summed E-state index contributed by atoms with van der Waals surface area (Å²) in [7, 11) is -3.45. The van der Waals surface area contributed by atoms with Crippen molar-refractivity contribution in [1.29, 1.82) is 0 Å². The molecule has 0 saturated carbocycles. The molecule has 0 atom stereocenters. The smallest absolute Gasteiger partial charge is 0.244 e. The van der Waals surface area contributed by atoms with Gasteiger partial charge in [-0.15, -0.1) is 11.3 Å². The summed E-state index contributed by atoms with van der Waals surface area (Å²) in [5, 5.41) is 2.06. The zero-order valence-corrected chi connectivity index (χ0v) is 14.9. The van der Waals surface area contributed by atoms with Crippen LogP contribution in [0.25, 0.3) is 4.83 Å². The lowest BCUT2D eigenvalue weighted by atomic mass is 9.95. The Bertz CT molecular complexity index is 955. The topological polar surface area (TPSA) is 67.6 Å². The molecule has 8 heteroatoms. The first kappa shape index (κ1) is 15.7. The van der Waals surface area contributed by atoms with Crippen LogP contribution in [0.15, 0.2) is 41.0 Å². The van der Waals surface area contributed by atoms with Gasteiger partial charge in [-0.1, -0.05) is 0 Å².